The summed E-state index contributed by atoms with van der Waals surface area (Å²) in [7, 11) is 1.45. The van der Waals surface area contributed by atoms with Crippen molar-refractivity contribution in [3.63, 3.8) is 0 Å². The molecule has 0 amide bonds. The van der Waals surface area contributed by atoms with Gasteiger partial charge >= 0.3 is 6.01 Å². The zero-order chi connectivity index (χ0) is 21.5. The number of pyridine rings is 1. The van der Waals surface area contributed by atoms with Crippen LogP contribution in [0.3, 0.4) is 0 Å². The summed E-state index contributed by atoms with van der Waals surface area (Å²) in [6, 6.07) is 11.7. The lowest BCUT2D eigenvalue weighted by molar-refractivity contribution is 0.368. The summed E-state index contributed by atoms with van der Waals surface area (Å²) in [5.41, 5.74) is 7.49. The van der Waals surface area contributed by atoms with Crippen LogP contribution in [-0.4, -0.2) is 34.1 Å². The van der Waals surface area contributed by atoms with E-state index >= 15 is 4.39 Å². The van der Waals surface area contributed by atoms with Crippen molar-refractivity contribution in [1.82, 2.24) is 15.0 Å². The number of methoxy groups -OCH3 is 1. The zero-order valence-corrected chi connectivity index (χ0v) is 16.9. The molecule has 1 aliphatic carbocycles. The Morgan fingerprint density at radius 2 is 1.97 bits per heavy atom. The Bertz CT molecular complexity index is 1350. The summed E-state index contributed by atoms with van der Waals surface area (Å²) in [5.74, 6) is 2.62. The molecule has 1 fully saturated rings. The molecule has 2 heterocycles. The van der Waals surface area contributed by atoms with Crippen LogP contribution in [0.4, 0.5) is 10.2 Å². The van der Waals surface area contributed by atoms with Crippen molar-refractivity contribution in [3.8, 4) is 29.6 Å². The molecule has 7 heteroatoms. The minimum Gasteiger partial charge on any atom is -0.467 e. The summed E-state index contributed by atoms with van der Waals surface area (Å²) in [4.78, 5) is 13.1. The van der Waals surface area contributed by atoms with E-state index in [2.05, 4.69) is 26.2 Å². The second-order valence-corrected chi connectivity index (χ2v) is 7.67. The van der Waals surface area contributed by atoms with Crippen LogP contribution in [0.2, 0.25) is 0 Å². The van der Waals surface area contributed by atoms with E-state index < -0.39 is 5.82 Å². The maximum atomic E-state index is 15.8. The van der Waals surface area contributed by atoms with E-state index in [0.29, 0.717) is 22.3 Å². The third-order valence-corrected chi connectivity index (χ3v) is 5.68. The van der Waals surface area contributed by atoms with E-state index in [4.69, 9.17) is 16.9 Å². The molecule has 5 rings (SSSR count). The molecule has 0 unspecified atom stereocenters. The van der Waals surface area contributed by atoms with E-state index in [0.717, 1.165) is 23.6 Å². The van der Waals surface area contributed by atoms with Crippen molar-refractivity contribution in [2.45, 2.75) is 24.9 Å². The highest BCUT2D eigenvalue weighted by molar-refractivity contribution is 6.01. The van der Waals surface area contributed by atoms with Crippen molar-refractivity contribution >= 4 is 27.5 Å². The van der Waals surface area contributed by atoms with Crippen molar-refractivity contribution < 1.29 is 9.13 Å². The Kier molecular flexibility index (Phi) is 4.64. The van der Waals surface area contributed by atoms with Gasteiger partial charge in [0.05, 0.1) is 12.5 Å². The first-order valence-electron chi connectivity index (χ1n) is 10.00. The highest BCUT2D eigenvalue weighted by Gasteiger charge is 2.27. The summed E-state index contributed by atoms with van der Waals surface area (Å²) in [6.45, 7) is 0. The predicted molar refractivity (Wildman–Crippen MR) is 119 cm³/mol. The van der Waals surface area contributed by atoms with Crippen molar-refractivity contribution in [2.75, 3.05) is 12.4 Å². The maximum absolute atomic E-state index is 15.8. The van der Waals surface area contributed by atoms with Crippen LogP contribution in [0.15, 0.2) is 42.6 Å². The average Bonchev–Trinajstić information content (AvgIpc) is 2.77. The smallest absolute Gasteiger partial charge is 0.318 e. The summed E-state index contributed by atoms with van der Waals surface area (Å²) in [5, 5.41) is 5.50. The van der Waals surface area contributed by atoms with Gasteiger partial charge in [0.15, 0.2) is 5.82 Å². The Labute approximate surface area is 178 Å². The molecule has 2 aromatic heterocycles. The summed E-state index contributed by atoms with van der Waals surface area (Å²) >= 11 is 0. The van der Waals surface area contributed by atoms with Crippen molar-refractivity contribution in [3.05, 3.63) is 54.0 Å². The number of hydrogen-bond acceptors (Lipinski definition) is 6. The second kappa shape index (κ2) is 7.49. The standard InChI is InChI=1S/C24H20FN5O/c1-3-13-6-4-7-14-8-5-9-17(19(13)14)21-20(25)22-18(12-27-21)23(30-24(29-22)31-2)28-16-10-15(26)11-16/h1,4-9,12,15-16H,10-11,26H2,2H3,(H,28,29,30). The quantitative estimate of drug-likeness (QED) is 0.494. The van der Waals surface area contributed by atoms with E-state index in [1.165, 1.54) is 7.11 Å². The van der Waals surface area contributed by atoms with Gasteiger partial charge in [-0.15, -0.1) is 6.42 Å². The molecule has 0 spiro atoms. The Morgan fingerprint density at radius 1 is 1.19 bits per heavy atom. The molecular weight excluding hydrogens is 393 g/mol. The molecule has 2 aromatic carbocycles. The van der Waals surface area contributed by atoms with Crippen LogP contribution < -0.4 is 15.8 Å². The molecule has 0 saturated heterocycles. The van der Waals surface area contributed by atoms with Crippen LogP contribution in [-0.2, 0) is 0 Å². The zero-order valence-electron chi connectivity index (χ0n) is 16.9. The summed E-state index contributed by atoms with van der Waals surface area (Å²) in [6.07, 6.45) is 8.95. The molecule has 6 nitrogen and oxygen atoms in total. The molecule has 0 radical (unpaired) electrons. The van der Waals surface area contributed by atoms with E-state index in [-0.39, 0.29) is 29.3 Å². The number of nitrogens with zero attached hydrogens (tertiary/aromatic N) is 3. The molecule has 154 valence electrons. The van der Waals surface area contributed by atoms with Gasteiger partial charge in [-0.05, 0) is 24.3 Å². The SMILES string of the molecule is C#Cc1cccc2cccc(-c3ncc4c(NC5CC(N)C5)nc(OC)nc4c3F)c12. The van der Waals surface area contributed by atoms with Gasteiger partial charge in [0.1, 0.15) is 17.0 Å². The van der Waals surface area contributed by atoms with Gasteiger partial charge in [-0.1, -0.05) is 36.3 Å². The highest BCUT2D eigenvalue weighted by Crippen LogP contribution is 2.35. The van der Waals surface area contributed by atoms with Crippen LogP contribution >= 0.6 is 0 Å². The monoisotopic (exact) mass is 413 g/mol. The van der Waals surface area contributed by atoms with E-state index in [1.54, 1.807) is 6.20 Å². The molecule has 1 aliphatic rings. The first kappa shape index (κ1) is 19.2. The molecule has 3 N–H and O–H groups in total. The average molecular weight is 413 g/mol. The minimum atomic E-state index is -0.550. The number of aromatic nitrogens is 3. The Morgan fingerprint density at radius 3 is 2.68 bits per heavy atom. The molecule has 0 bridgehead atoms. The third-order valence-electron chi connectivity index (χ3n) is 5.68. The lowest BCUT2D eigenvalue weighted by Crippen LogP contribution is -2.44. The number of fused-ring (bicyclic) bond motifs is 2. The molecule has 0 atom stereocenters. The van der Waals surface area contributed by atoms with Gasteiger partial charge in [0.2, 0.25) is 0 Å². The molecule has 4 aromatic rings. The number of benzene rings is 2. The highest BCUT2D eigenvalue weighted by atomic mass is 19.1. The first-order valence-corrected chi connectivity index (χ1v) is 10.00. The second-order valence-electron chi connectivity index (χ2n) is 7.67. The number of ether oxygens (including phenoxy) is 1. The van der Waals surface area contributed by atoms with Crippen LogP contribution in [0.25, 0.3) is 32.9 Å². The van der Waals surface area contributed by atoms with Crippen LogP contribution in [0.1, 0.15) is 18.4 Å². The predicted octanol–water partition coefficient (Wildman–Crippen LogP) is 3.88. The Balaban J connectivity index is 1.71. The van der Waals surface area contributed by atoms with Crippen LogP contribution in [0, 0.1) is 18.2 Å². The number of nitrogens with one attached hydrogen (secondary N) is 1. The third kappa shape index (κ3) is 3.22. The topological polar surface area (TPSA) is 86.0 Å². The number of rotatable bonds is 4. The minimum absolute atomic E-state index is 0.0805. The molecule has 31 heavy (non-hydrogen) atoms. The fourth-order valence-electron chi connectivity index (χ4n) is 4.06. The maximum Gasteiger partial charge on any atom is 0.318 e. The number of hydrogen-bond donors (Lipinski definition) is 2. The van der Waals surface area contributed by atoms with Crippen molar-refractivity contribution in [1.29, 1.82) is 0 Å². The van der Waals surface area contributed by atoms with E-state index in [9.17, 15) is 0 Å². The van der Waals surface area contributed by atoms with Crippen LogP contribution in [0.5, 0.6) is 6.01 Å². The lowest BCUT2D eigenvalue weighted by Gasteiger charge is -2.33. The Hall–Kier alpha value is -3.76. The number of anilines is 1. The summed E-state index contributed by atoms with van der Waals surface area (Å²) < 4.78 is 21.0. The number of terminal acetylenes is 1. The molecular formula is C24H20FN5O. The van der Waals surface area contributed by atoms with Gasteiger partial charge in [-0.2, -0.15) is 9.97 Å². The van der Waals surface area contributed by atoms with Gasteiger partial charge < -0.3 is 15.8 Å². The normalized spacial score (nSPS) is 17.9. The van der Waals surface area contributed by atoms with Crippen molar-refractivity contribution in [2.24, 2.45) is 5.73 Å². The van der Waals surface area contributed by atoms with Gasteiger partial charge in [-0.3, -0.25) is 4.98 Å². The lowest BCUT2D eigenvalue weighted by atomic mass is 9.87. The van der Waals surface area contributed by atoms with Gasteiger partial charge in [0, 0.05) is 34.8 Å². The van der Waals surface area contributed by atoms with E-state index in [1.807, 2.05) is 36.4 Å². The van der Waals surface area contributed by atoms with Gasteiger partial charge in [-0.25, -0.2) is 4.39 Å². The molecule has 0 aliphatic heterocycles. The first-order chi connectivity index (χ1) is 15.1. The fraction of sp³-hybridized carbons (Fsp3) is 0.208. The number of halogens is 1. The fourth-order valence-corrected chi connectivity index (χ4v) is 4.06. The largest absolute Gasteiger partial charge is 0.467 e. The van der Waals surface area contributed by atoms with Gasteiger partial charge in [0.25, 0.3) is 0 Å². The molecule has 1 saturated carbocycles. The number of nitrogens with two attached hydrogens (primary N) is 1.